The van der Waals surface area contributed by atoms with E-state index >= 15 is 0 Å². The number of nitrogens with zero attached hydrogens (tertiary/aromatic N) is 1. The fourth-order valence-electron chi connectivity index (χ4n) is 2.70. The third-order valence-corrected chi connectivity index (χ3v) is 4.56. The van der Waals surface area contributed by atoms with Crippen LogP contribution < -0.4 is 10.2 Å². The first-order chi connectivity index (χ1) is 9.89. The Labute approximate surface area is 136 Å². The lowest BCUT2D eigenvalue weighted by Gasteiger charge is -2.34. The van der Waals surface area contributed by atoms with Crippen LogP contribution in [0.1, 0.15) is 39.2 Å². The molecule has 0 bridgehead atoms. The average molecular weight is 355 g/mol. The molecular formula is C17H27BrN2O. The zero-order valence-electron chi connectivity index (χ0n) is 13.3. The number of hydrogen-bond donors (Lipinski definition) is 2. The molecule has 1 aliphatic heterocycles. The molecule has 21 heavy (non-hydrogen) atoms. The zero-order chi connectivity index (χ0) is 15.5. The van der Waals surface area contributed by atoms with Crippen LogP contribution in [0.4, 0.5) is 5.69 Å². The number of aliphatic hydroxyl groups is 1. The van der Waals surface area contributed by atoms with Gasteiger partial charge in [0.25, 0.3) is 0 Å². The van der Waals surface area contributed by atoms with Gasteiger partial charge in [-0.15, -0.1) is 0 Å². The first kappa shape index (κ1) is 16.8. The fraction of sp³-hybridized carbons (Fsp3) is 0.647. The largest absolute Gasteiger partial charge is 0.396 e. The van der Waals surface area contributed by atoms with Crippen LogP contribution in [0.3, 0.4) is 0 Å². The van der Waals surface area contributed by atoms with Crippen molar-refractivity contribution in [2.45, 2.75) is 45.7 Å². The minimum Gasteiger partial charge on any atom is -0.396 e. The van der Waals surface area contributed by atoms with E-state index in [2.05, 4.69) is 65.1 Å². The Bertz CT molecular complexity index is 462. The molecule has 1 heterocycles. The number of nitrogens with one attached hydrogen (secondary N) is 1. The van der Waals surface area contributed by atoms with E-state index in [1.54, 1.807) is 0 Å². The van der Waals surface area contributed by atoms with E-state index in [4.69, 9.17) is 0 Å². The SMILES string of the molecule is CC(C)(C)NCc1ccc(Br)cc1N1CCC(CO)CC1. The minimum absolute atomic E-state index is 0.119. The van der Waals surface area contributed by atoms with Crippen molar-refractivity contribution in [3.8, 4) is 0 Å². The smallest absolute Gasteiger partial charge is 0.0460 e. The van der Waals surface area contributed by atoms with Crippen molar-refractivity contribution >= 4 is 21.6 Å². The van der Waals surface area contributed by atoms with Gasteiger partial charge >= 0.3 is 0 Å². The van der Waals surface area contributed by atoms with Gasteiger partial charge in [-0.2, -0.15) is 0 Å². The van der Waals surface area contributed by atoms with Crippen LogP contribution in [0.2, 0.25) is 0 Å². The highest BCUT2D eigenvalue weighted by Gasteiger charge is 2.21. The number of benzene rings is 1. The van der Waals surface area contributed by atoms with E-state index in [0.717, 1.165) is 36.9 Å². The number of anilines is 1. The highest BCUT2D eigenvalue weighted by Crippen LogP contribution is 2.29. The summed E-state index contributed by atoms with van der Waals surface area (Å²) in [5, 5.41) is 12.9. The van der Waals surface area contributed by atoms with Crippen LogP contribution in [0, 0.1) is 5.92 Å². The molecule has 0 amide bonds. The van der Waals surface area contributed by atoms with Crippen molar-refractivity contribution < 1.29 is 5.11 Å². The Morgan fingerprint density at radius 3 is 2.52 bits per heavy atom. The van der Waals surface area contributed by atoms with Crippen LogP contribution in [0.15, 0.2) is 22.7 Å². The normalized spacial score (nSPS) is 17.3. The predicted molar refractivity (Wildman–Crippen MR) is 92.8 cm³/mol. The Kier molecular flexibility index (Phi) is 5.69. The first-order valence-corrected chi connectivity index (χ1v) is 8.57. The number of rotatable bonds is 4. The van der Waals surface area contributed by atoms with Crippen LogP contribution in [0.5, 0.6) is 0 Å². The minimum atomic E-state index is 0.119. The summed E-state index contributed by atoms with van der Waals surface area (Å²) in [6.07, 6.45) is 2.16. The monoisotopic (exact) mass is 354 g/mol. The summed E-state index contributed by atoms with van der Waals surface area (Å²) in [7, 11) is 0. The quantitative estimate of drug-likeness (QED) is 0.867. The summed E-state index contributed by atoms with van der Waals surface area (Å²) >= 11 is 3.59. The number of aliphatic hydroxyl groups excluding tert-OH is 1. The molecule has 0 saturated carbocycles. The summed E-state index contributed by atoms with van der Waals surface area (Å²) < 4.78 is 1.13. The molecule has 1 aliphatic rings. The molecule has 0 spiro atoms. The van der Waals surface area contributed by atoms with Gasteiger partial charge in [-0.1, -0.05) is 22.0 Å². The molecule has 3 nitrogen and oxygen atoms in total. The Balaban J connectivity index is 2.12. The van der Waals surface area contributed by atoms with Gasteiger partial charge in [0.05, 0.1) is 0 Å². The van der Waals surface area contributed by atoms with Crippen molar-refractivity contribution in [3.63, 3.8) is 0 Å². The maximum absolute atomic E-state index is 9.28. The number of piperidine rings is 1. The van der Waals surface area contributed by atoms with Gasteiger partial charge < -0.3 is 15.3 Å². The van der Waals surface area contributed by atoms with Gasteiger partial charge in [-0.05, 0) is 57.2 Å². The molecule has 0 aliphatic carbocycles. The first-order valence-electron chi connectivity index (χ1n) is 7.78. The van der Waals surface area contributed by atoms with Gasteiger partial charge in [0.15, 0.2) is 0 Å². The summed E-state index contributed by atoms with van der Waals surface area (Å²) in [6, 6.07) is 6.54. The van der Waals surface area contributed by atoms with Crippen LogP contribution in [-0.2, 0) is 6.54 Å². The lowest BCUT2D eigenvalue weighted by Crippen LogP contribution is -2.37. The van der Waals surface area contributed by atoms with Crippen molar-refractivity contribution in [1.82, 2.24) is 5.32 Å². The van der Waals surface area contributed by atoms with Crippen LogP contribution >= 0.6 is 15.9 Å². The standard InChI is InChI=1S/C17H27BrN2O/c1-17(2,3)19-11-14-4-5-15(18)10-16(14)20-8-6-13(12-21)7-9-20/h4-5,10,13,19,21H,6-9,11-12H2,1-3H3. The molecule has 118 valence electrons. The second kappa shape index (κ2) is 7.12. The van der Waals surface area contributed by atoms with Gasteiger partial charge in [-0.3, -0.25) is 0 Å². The highest BCUT2D eigenvalue weighted by atomic mass is 79.9. The molecule has 0 radical (unpaired) electrons. The van der Waals surface area contributed by atoms with Gasteiger partial charge in [0.2, 0.25) is 0 Å². The Hall–Kier alpha value is -0.580. The molecular weight excluding hydrogens is 328 g/mol. The third-order valence-electron chi connectivity index (χ3n) is 4.07. The predicted octanol–water partition coefficient (Wildman–Crippen LogP) is 3.55. The van der Waals surface area contributed by atoms with Crippen LogP contribution in [-0.4, -0.2) is 30.3 Å². The van der Waals surface area contributed by atoms with E-state index in [1.807, 2.05) is 0 Å². The van der Waals surface area contributed by atoms with Crippen molar-refractivity contribution in [2.75, 3.05) is 24.6 Å². The molecule has 4 heteroatoms. The number of halogens is 1. The molecule has 0 unspecified atom stereocenters. The zero-order valence-corrected chi connectivity index (χ0v) is 14.9. The lowest BCUT2D eigenvalue weighted by atomic mass is 9.96. The van der Waals surface area contributed by atoms with E-state index in [-0.39, 0.29) is 5.54 Å². The molecule has 1 aromatic carbocycles. The maximum atomic E-state index is 9.28. The lowest BCUT2D eigenvalue weighted by molar-refractivity contribution is 0.203. The Morgan fingerprint density at radius 2 is 1.95 bits per heavy atom. The van der Waals surface area contributed by atoms with Crippen molar-refractivity contribution in [2.24, 2.45) is 5.92 Å². The molecule has 2 N–H and O–H groups in total. The van der Waals surface area contributed by atoms with E-state index in [1.165, 1.54) is 11.3 Å². The van der Waals surface area contributed by atoms with E-state index < -0.39 is 0 Å². The van der Waals surface area contributed by atoms with E-state index in [0.29, 0.717) is 12.5 Å². The second-order valence-corrected chi connectivity index (χ2v) is 7.91. The van der Waals surface area contributed by atoms with Crippen LogP contribution in [0.25, 0.3) is 0 Å². The topological polar surface area (TPSA) is 35.5 Å². The summed E-state index contributed by atoms with van der Waals surface area (Å²) in [5.41, 5.74) is 2.78. The molecule has 0 aromatic heterocycles. The summed E-state index contributed by atoms with van der Waals surface area (Å²) in [5.74, 6) is 0.476. The summed E-state index contributed by atoms with van der Waals surface area (Å²) in [6.45, 7) is 9.85. The highest BCUT2D eigenvalue weighted by molar-refractivity contribution is 9.10. The van der Waals surface area contributed by atoms with Crippen molar-refractivity contribution in [3.05, 3.63) is 28.2 Å². The second-order valence-electron chi connectivity index (χ2n) is 6.99. The van der Waals surface area contributed by atoms with Gasteiger partial charge in [0, 0.05) is 41.9 Å². The third kappa shape index (κ3) is 4.97. The Morgan fingerprint density at radius 1 is 1.29 bits per heavy atom. The fourth-order valence-corrected chi connectivity index (χ4v) is 3.05. The number of hydrogen-bond acceptors (Lipinski definition) is 3. The van der Waals surface area contributed by atoms with E-state index in [9.17, 15) is 5.11 Å². The maximum Gasteiger partial charge on any atom is 0.0460 e. The summed E-state index contributed by atoms with van der Waals surface area (Å²) in [4.78, 5) is 2.45. The molecule has 1 fully saturated rings. The van der Waals surface area contributed by atoms with Crippen molar-refractivity contribution in [1.29, 1.82) is 0 Å². The van der Waals surface area contributed by atoms with Gasteiger partial charge in [0.1, 0.15) is 0 Å². The molecule has 1 aromatic rings. The average Bonchev–Trinajstić information content (AvgIpc) is 2.45. The van der Waals surface area contributed by atoms with Gasteiger partial charge in [-0.25, -0.2) is 0 Å². The molecule has 2 rings (SSSR count). The molecule has 0 atom stereocenters. The molecule has 1 saturated heterocycles.